The van der Waals surface area contributed by atoms with Gasteiger partial charge in [0, 0.05) is 31.7 Å². The Kier molecular flexibility index (Phi) is 5.47. The lowest BCUT2D eigenvalue weighted by atomic mass is 9.97. The van der Waals surface area contributed by atoms with E-state index in [1.54, 1.807) is 29.2 Å². The van der Waals surface area contributed by atoms with Gasteiger partial charge < -0.3 is 9.32 Å². The maximum Gasteiger partial charge on any atom is 0.272 e. The Bertz CT molecular complexity index is 994. The SMILES string of the molecule is CC(C)n1nccc1C(=O)N1CCCC(c2ncc(Cc3cccc(F)c3)o2)C1. The van der Waals surface area contributed by atoms with Crippen molar-refractivity contribution >= 4 is 5.91 Å². The zero-order valence-corrected chi connectivity index (χ0v) is 16.7. The number of rotatable bonds is 5. The first-order valence-corrected chi connectivity index (χ1v) is 10.0. The Hall–Kier alpha value is -2.96. The third kappa shape index (κ3) is 4.23. The molecule has 3 aromatic rings. The van der Waals surface area contributed by atoms with Gasteiger partial charge in [-0.1, -0.05) is 12.1 Å². The number of piperidine rings is 1. The molecule has 0 saturated carbocycles. The number of hydrogen-bond acceptors (Lipinski definition) is 4. The van der Waals surface area contributed by atoms with Gasteiger partial charge in [-0.25, -0.2) is 9.37 Å². The van der Waals surface area contributed by atoms with Crippen molar-refractivity contribution in [3.05, 3.63) is 71.5 Å². The molecule has 2 aromatic heterocycles. The van der Waals surface area contributed by atoms with Crippen LogP contribution in [0.1, 0.15) is 66.4 Å². The Morgan fingerprint density at radius 2 is 2.21 bits per heavy atom. The predicted octanol–water partition coefficient (Wildman–Crippen LogP) is 4.20. The number of carbonyl (C=O) groups excluding carboxylic acids is 1. The van der Waals surface area contributed by atoms with Gasteiger partial charge in [0.1, 0.15) is 17.3 Å². The molecule has 1 amide bonds. The number of amides is 1. The second-order valence-corrected chi connectivity index (χ2v) is 7.82. The second kappa shape index (κ2) is 8.19. The molecule has 1 fully saturated rings. The highest BCUT2D eigenvalue weighted by atomic mass is 19.1. The van der Waals surface area contributed by atoms with Crippen LogP contribution in [0.4, 0.5) is 4.39 Å². The molecule has 1 unspecified atom stereocenters. The third-order valence-corrected chi connectivity index (χ3v) is 5.28. The molecule has 0 aliphatic carbocycles. The van der Waals surface area contributed by atoms with Gasteiger partial charge in [-0.3, -0.25) is 9.48 Å². The quantitative estimate of drug-likeness (QED) is 0.648. The zero-order valence-electron chi connectivity index (χ0n) is 16.7. The fraction of sp³-hybridized carbons (Fsp3) is 0.409. The molecule has 7 heteroatoms. The average molecular weight is 396 g/mol. The van der Waals surface area contributed by atoms with Gasteiger partial charge in [0.15, 0.2) is 5.89 Å². The Labute approximate surface area is 169 Å². The third-order valence-electron chi connectivity index (χ3n) is 5.28. The maximum atomic E-state index is 13.4. The smallest absolute Gasteiger partial charge is 0.272 e. The molecule has 29 heavy (non-hydrogen) atoms. The Morgan fingerprint density at radius 3 is 3.00 bits per heavy atom. The standard InChI is InChI=1S/C22H25FN4O2/c1-15(2)27-20(8-9-25-27)22(28)26-10-4-6-17(14-26)21-24-13-19(29-21)12-16-5-3-7-18(23)11-16/h3,5,7-9,11,13,15,17H,4,6,10,12,14H2,1-2H3. The molecule has 1 saturated heterocycles. The summed E-state index contributed by atoms with van der Waals surface area (Å²) in [5, 5.41) is 4.27. The fourth-order valence-corrected chi connectivity index (χ4v) is 3.86. The van der Waals surface area contributed by atoms with Crippen molar-refractivity contribution in [2.45, 2.75) is 45.1 Å². The number of benzene rings is 1. The molecule has 0 N–H and O–H groups in total. The average Bonchev–Trinajstić information content (AvgIpc) is 3.37. The molecule has 1 atom stereocenters. The van der Waals surface area contributed by atoms with Crippen molar-refractivity contribution in [1.82, 2.24) is 19.7 Å². The second-order valence-electron chi connectivity index (χ2n) is 7.82. The van der Waals surface area contributed by atoms with E-state index in [1.807, 2.05) is 24.8 Å². The molecule has 0 spiro atoms. The first kappa shape index (κ1) is 19.4. The molecule has 3 heterocycles. The largest absolute Gasteiger partial charge is 0.445 e. The summed E-state index contributed by atoms with van der Waals surface area (Å²) in [6.07, 6.45) is 5.69. The summed E-state index contributed by atoms with van der Waals surface area (Å²) < 4.78 is 21.1. The lowest BCUT2D eigenvalue weighted by Crippen LogP contribution is -2.40. The monoisotopic (exact) mass is 396 g/mol. The number of oxazole rings is 1. The first-order chi connectivity index (χ1) is 14.0. The van der Waals surface area contributed by atoms with Crippen molar-refractivity contribution in [1.29, 1.82) is 0 Å². The van der Waals surface area contributed by atoms with Crippen LogP contribution in [0, 0.1) is 5.82 Å². The number of halogens is 1. The van der Waals surface area contributed by atoms with Crippen molar-refractivity contribution in [2.75, 3.05) is 13.1 Å². The molecule has 1 aliphatic rings. The van der Waals surface area contributed by atoms with Crippen molar-refractivity contribution < 1.29 is 13.6 Å². The zero-order chi connectivity index (χ0) is 20.4. The van der Waals surface area contributed by atoms with Crippen molar-refractivity contribution in [3.8, 4) is 0 Å². The van der Waals surface area contributed by atoms with E-state index in [0.29, 0.717) is 30.3 Å². The van der Waals surface area contributed by atoms with Gasteiger partial charge in [-0.2, -0.15) is 5.10 Å². The van der Waals surface area contributed by atoms with Crippen LogP contribution in [-0.2, 0) is 6.42 Å². The first-order valence-electron chi connectivity index (χ1n) is 10.0. The highest BCUT2D eigenvalue weighted by Crippen LogP contribution is 2.28. The minimum absolute atomic E-state index is 0.00700. The number of aromatic nitrogens is 3. The van der Waals surface area contributed by atoms with Crippen molar-refractivity contribution in [2.24, 2.45) is 0 Å². The number of hydrogen-bond donors (Lipinski definition) is 0. The predicted molar refractivity (Wildman–Crippen MR) is 106 cm³/mol. The lowest BCUT2D eigenvalue weighted by Gasteiger charge is -2.31. The Morgan fingerprint density at radius 1 is 1.34 bits per heavy atom. The molecule has 0 radical (unpaired) electrons. The Balaban J connectivity index is 1.45. The van der Waals surface area contributed by atoms with Crippen LogP contribution >= 0.6 is 0 Å². The van der Waals surface area contributed by atoms with Crippen LogP contribution in [0.25, 0.3) is 0 Å². The van der Waals surface area contributed by atoms with E-state index in [4.69, 9.17) is 4.42 Å². The number of likely N-dealkylation sites (tertiary alicyclic amines) is 1. The molecular weight excluding hydrogens is 371 g/mol. The molecule has 1 aromatic carbocycles. The van der Waals surface area contributed by atoms with E-state index in [-0.39, 0.29) is 23.7 Å². The summed E-state index contributed by atoms with van der Waals surface area (Å²) in [5.74, 6) is 1.14. The van der Waals surface area contributed by atoms with Crippen LogP contribution in [0.2, 0.25) is 0 Å². The minimum Gasteiger partial charge on any atom is -0.445 e. The molecule has 0 bridgehead atoms. The van der Waals surface area contributed by atoms with Crippen molar-refractivity contribution in [3.63, 3.8) is 0 Å². The van der Waals surface area contributed by atoms with Gasteiger partial charge in [0.2, 0.25) is 0 Å². The van der Waals surface area contributed by atoms with Gasteiger partial charge in [-0.15, -0.1) is 0 Å². The minimum atomic E-state index is -0.260. The van der Waals surface area contributed by atoms with Gasteiger partial charge >= 0.3 is 0 Å². The summed E-state index contributed by atoms with van der Waals surface area (Å²) in [7, 11) is 0. The van der Waals surface area contributed by atoms with E-state index in [1.165, 1.54) is 12.1 Å². The van der Waals surface area contributed by atoms with Crippen LogP contribution in [0.15, 0.2) is 47.1 Å². The highest BCUT2D eigenvalue weighted by molar-refractivity contribution is 5.92. The molecule has 152 valence electrons. The summed E-state index contributed by atoms with van der Waals surface area (Å²) >= 11 is 0. The van der Waals surface area contributed by atoms with Gasteiger partial charge in [0.05, 0.1) is 12.1 Å². The van der Waals surface area contributed by atoms with Crippen LogP contribution in [0.3, 0.4) is 0 Å². The normalized spacial score (nSPS) is 17.1. The van der Waals surface area contributed by atoms with E-state index in [9.17, 15) is 9.18 Å². The summed E-state index contributed by atoms with van der Waals surface area (Å²) in [5.41, 5.74) is 1.45. The van der Waals surface area contributed by atoms with Crippen LogP contribution in [-0.4, -0.2) is 38.7 Å². The van der Waals surface area contributed by atoms with E-state index in [2.05, 4.69) is 10.1 Å². The van der Waals surface area contributed by atoms with Crippen LogP contribution < -0.4 is 0 Å². The molecular formula is C22H25FN4O2. The molecule has 1 aliphatic heterocycles. The lowest BCUT2D eigenvalue weighted by molar-refractivity contribution is 0.0683. The fourth-order valence-electron chi connectivity index (χ4n) is 3.86. The maximum absolute atomic E-state index is 13.4. The summed E-state index contributed by atoms with van der Waals surface area (Å²) in [6, 6.07) is 8.38. The van der Waals surface area contributed by atoms with Gasteiger partial charge in [0.25, 0.3) is 5.91 Å². The molecule has 4 rings (SSSR count). The highest BCUT2D eigenvalue weighted by Gasteiger charge is 2.30. The molecule has 6 nitrogen and oxygen atoms in total. The summed E-state index contributed by atoms with van der Waals surface area (Å²) in [6.45, 7) is 5.31. The summed E-state index contributed by atoms with van der Waals surface area (Å²) in [4.78, 5) is 19.3. The number of nitrogens with zero attached hydrogens (tertiary/aromatic N) is 4. The van der Waals surface area contributed by atoms with E-state index >= 15 is 0 Å². The number of carbonyl (C=O) groups is 1. The topological polar surface area (TPSA) is 64.2 Å². The van der Waals surface area contributed by atoms with E-state index in [0.717, 1.165) is 24.9 Å². The van der Waals surface area contributed by atoms with E-state index < -0.39 is 0 Å². The van der Waals surface area contributed by atoms with Crippen LogP contribution in [0.5, 0.6) is 0 Å². The van der Waals surface area contributed by atoms with Gasteiger partial charge in [-0.05, 0) is 50.5 Å².